The van der Waals surface area contributed by atoms with Crippen LogP contribution in [0.5, 0.6) is 0 Å². The number of hydrogen-bond donors (Lipinski definition) is 0. The molecular formula is C86H54N2. The normalized spacial score (nSPS) is 14.0. The molecule has 2 nitrogen and oxygen atoms in total. The van der Waals surface area contributed by atoms with Crippen LogP contribution in [0, 0.1) is 0 Å². The van der Waals surface area contributed by atoms with Gasteiger partial charge in [0, 0.05) is 11.4 Å². The van der Waals surface area contributed by atoms with Crippen LogP contribution in [0.1, 0.15) is 44.5 Å². The zero-order valence-corrected chi connectivity index (χ0v) is 48.1. The highest BCUT2D eigenvalue weighted by Crippen LogP contribution is 2.67. The number of hydrogen-bond acceptors (Lipinski definition) is 2. The van der Waals surface area contributed by atoms with Gasteiger partial charge in [-0.2, -0.15) is 0 Å². The van der Waals surface area contributed by atoms with Gasteiger partial charge in [0.25, 0.3) is 0 Å². The monoisotopic (exact) mass is 1110 g/mol. The molecule has 0 unspecified atom stereocenters. The van der Waals surface area contributed by atoms with E-state index in [1.165, 1.54) is 155 Å². The molecule has 15 aromatic rings. The van der Waals surface area contributed by atoms with Crippen molar-refractivity contribution in [2.24, 2.45) is 0 Å². The first-order valence-electron chi connectivity index (χ1n) is 30.8. The zero-order chi connectivity index (χ0) is 57.7. The van der Waals surface area contributed by atoms with Crippen LogP contribution in [0.15, 0.2) is 328 Å². The second-order valence-corrected chi connectivity index (χ2v) is 24.0. The van der Waals surface area contributed by atoms with Gasteiger partial charge in [0.05, 0.1) is 33.6 Å². The highest BCUT2D eigenvalue weighted by Gasteiger charge is 2.54. The summed E-state index contributed by atoms with van der Waals surface area (Å²) < 4.78 is 0. The van der Waals surface area contributed by atoms with Crippen molar-refractivity contribution in [1.82, 2.24) is 0 Å². The third-order valence-electron chi connectivity index (χ3n) is 20.0. The van der Waals surface area contributed by atoms with Crippen LogP contribution >= 0.6 is 0 Å². The fraction of sp³-hybridized carbons (Fsp3) is 0.0233. The van der Waals surface area contributed by atoms with E-state index < -0.39 is 10.8 Å². The summed E-state index contributed by atoms with van der Waals surface area (Å²) in [7, 11) is 0. The minimum atomic E-state index is -0.598. The lowest BCUT2D eigenvalue weighted by atomic mass is 9.64. The van der Waals surface area contributed by atoms with Gasteiger partial charge in [0.15, 0.2) is 0 Å². The number of para-hydroxylation sites is 6. The first-order chi connectivity index (χ1) is 43.7. The minimum Gasteiger partial charge on any atom is -0.310 e. The summed E-state index contributed by atoms with van der Waals surface area (Å²) in [6, 6.07) is 124. The van der Waals surface area contributed by atoms with Crippen molar-refractivity contribution in [1.29, 1.82) is 0 Å². The molecule has 2 spiro atoms. The summed E-state index contributed by atoms with van der Waals surface area (Å²) in [5.41, 5.74) is 28.6. The van der Waals surface area contributed by atoms with Crippen LogP contribution in [0.4, 0.5) is 34.1 Å². The van der Waals surface area contributed by atoms with E-state index in [0.717, 1.165) is 11.4 Å². The highest BCUT2D eigenvalue weighted by atomic mass is 15.2. The molecule has 4 aliphatic rings. The number of anilines is 6. The van der Waals surface area contributed by atoms with Crippen LogP contribution < -0.4 is 9.80 Å². The Bertz CT molecular complexity index is 5030. The second-order valence-electron chi connectivity index (χ2n) is 24.0. The third kappa shape index (κ3) is 6.40. The molecule has 2 heteroatoms. The summed E-state index contributed by atoms with van der Waals surface area (Å²) in [6.07, 6.45) is 0. The van der Waals surface area contributed by atoms with Crippen molar-refractivity contribution < 1.29 is 0 Å². The molecule has 0 aromatic heterocycles. The van der Waals surface area contributed by atoms with Gasteiger partial charge in [-0.15, -0.1) is 0 Å². The standard InChI is InChI=1S/C86H54N2/c1-3-28-56(29-4-1)87-78-50-17-13-44-72(78)85(73-45-14-18-51-79(73)87)70-42-11-9-33-66(70)83-62(40-24-48-76(83)85)59-35-22-38-64-68(59)54-69-60(36-23-39-65(69)82(64)61-37-21-27-55-26-7-8-32-58(55)61)63-41-25-49-77-84(63)67-34-10-12-43-71(67)86(77)74-46-15-19-52-80(74)88(57-30-5-2-6-31-57)81-53-20-16-47-75(81)86/h1-54H. The zero-order valence-electron chi connectivity index (χ0n) is 48.1. The molecule has 88 heavy (non-hydrogen) atoms. The quantitative estimate of drug-likeness (QED) is 0.159. The van der Waals surface area contributed by atoms with Crippen LogP contribution in [0.25, 0.3) is 88.0 Å². The molecule has 0 saturated heterocycles. The summed E-state index contributed by atoms with van der Waals surface area (Å²) in [5, 5.41) is 7.35. The molecule has 0 saturated carbocycles. The summed E-state index contributed by atoms with van der Waals surface area (Å²) >= 11 is 0. The Kier molecular flexibility index (Phi) is 10.3. The van der Waals surface area contributed by atoms with Crippen molar-refractivity contribution in [3.63, 3.8) is 0 Å². The lowest BCUT2D eigenvalue weighted by Crippen LogP contribution is -2.36. The van der Waals surface area contributed by atoms with E-state index in [2.05, 4.69) is 337 Å². The van der Waals surface area contributed by atoms with Gasteiger partial charge in [0.2, 0.25) is 0 Å². The van der Waals surface area contributed by atoms with Crippen molar-refractivity contribution in [2.45, 2.75) is 10.8 Å². The molecule has 2 aliphatic heterocycles. The van der Waals surface area contributed by atoms with Gasteiger partial charge in [-0.05, 0) is 187 Å². The van der Waals surface area contributed by atoms with Gasteiger partial charge in [-0.1, -0.05) is 273 Å². The Morgan fingerprint density at radius 3 is 0.955 bits per heavy atom. The van der Waals surface area contributed by atoms with Crippen LogP contribution in [-0.2, 0) is 10.8 Å². The molecule has 408 valence electrons. The minimum absolute atomic E-state index is 0.598. The summed E-state index contributed by atoms with van der Waals surface area (Å²) in [5.74, 6) is 0. The average molecular weight is 1120 g/mol. The van der Waals surface area contributed by atoms with Crippen LogP contribution in [0.3, 0.4) is 0 Å². The maximum Gasteiger partial charge on any atom is 0.0754 e. The lowest BCUT2D eigenvalue weighted by Gasteiger charge is -2.45. The van der Waals surface area contributed by atoms with Gasteiger partial charge in [-0.3, -0.25) is 0 Å². The first-order valence-corrected chi connectivity index (χ1v) is 30.8. The van der Waals surface area contributed by atoms with Gasteiger partial charge in [0.1, 0.15) is 0 Å². The van der Waals surface area contributed by atoms with Gasteiger partial charge in [-0.25, -0.2) is 0 Å². The molecule has 19 rings (SSSR count). The Morgan fingerprint density at radius 1 is 0.182 bits per heavy atom. The van der Waals surface area contributed by atoms with Gasteiger partial charge < -0.3 is 9.80 Å². The number of benzene rings is 15. The van der Waals surface area contributed by atoms with Crippen LogP contribution in [0.2, 0.25) is 0 Å². The Hall–Kier alpha value is -11.3. The molecule has 0 N–H and O–H groups in total. The van der Waals surface area contributed by atoms with E-state index in [1.54, 1.807) is 0 Å². The predicted molar refractivity (Wildman–Crippen MR) is 366 cm³/mol. The van der Waals surface area contributed by atoms with Crippen molar-refractivity contribution in [2.75, 3.05) is 9.80 Å². The average Bonchev–Trinajstić information content (AvgIpc) is 1.46. The SMILES string of the molecule is c1ccc(N2c3ccccc3C3(c4ccccc4-c4c(-c5cccc6c(-c7cccc8ccccc78)c7cccc(-c8cccc9c8-c8ccccc8C98c9ccccc9N(c9ccccc9)c9ccccc98)c7cc56)cccc43)c3ccccc32)cc1. The second kappa shape index (κ2) is 18.6. The van der Waals surface area contributed by atoms with E-state index >= 15 is 0 Å². The predicted octanol–water partition coefficient (Wildman–Crippen LogP) is 22.4. The Labute approximate surface area is 511 Å². The number of rotatable bonds is 5. The molecule has 0 amide bonds. The van der Waals surface area contributed by atoms with Crippen molar-refractivity contribution in [3.05, 3.63) is 372 Å². The molecule has 2 aliphatic carbocycles. The maximum atomic E-state index is 2.56. The molecular weight excluding hydrogens is 1060 g/mol. The van der Waals surface area contributed by atoms with Crippen molar-refractivity contribution >= 4 is 66.4 Å². The molecule has 15 aromatic carbocycles. The molecule has 2 heterocycles. The van der Waals surface area contributed by atoms with Gasteiger partial charge >= 0.3 is 0 Å². The third-order valence-corrected chi connectivity index (χ3v) is 20.0. The van der Waals surface area contributed by atoms with Crippen LogP contribution in [-0.4, -0.2) is 0 Å². The van der Waals surface area contributed by atoms with E-state index in [1.807, 2.05) is 0 Å². The fourth-order valence-corrected chi connectivity index (χ4v) is 16.8. The highest BCUT2D eigenvalue weighted by molar-refractivity contribution is 6.23. The Morgan fingerprint density at radius 2 is 0.489 bits per heavy atom. The molecule has 0 radical (unpaired) electrons. The molecule has 0 fully saturated rings. The summed E-state index contributed by atoms with van der Waals surface area (Å²) in [6.45, 7) is 0. The summed E-state index contributed by atoms with van der Waals surface area (Å²) in [4.78, 5) is 4.94. The van der Waals surface area contributed by atoms with E-state index in [4.69, 9.17) is 0 Å². The first kappa shape index (κ1) is 49.0. The number of fused-ring (bicyclic) bond motifs is 21. The van der Waals surface area contributed by atoms with E-state index in [-0.39, 0.29) is 0 Å². The topological polar surface area (TPSA) is 6.48 Å². The maximum absolute atomic E-state index is 2.56. The van der Waals surface area contributed by atoms with E-state index in [0.29, 0.717) is 0 Å². The lowest BCUT2D eigenvalue weighted by molar-refractivity contribution is 0.753. The molecule has 0 atom stereocenters. The molecule has 0 bridgehead atoms. The Balaban J connectivity index is 0.895. The smallest absolute Gasteiger partial charge is 0.0754 e. The van der Waals surface area contributed by atoms with Crippen molar-refractivity contribution in [3.8, 4) is 55.6 Å². The number of nitrogens with zero attached hydrogens (tertiary/aromatic N) is 2. The fourth-order valence-electron chi connectivity index (χ4n) is 16.8. The van der Waals surface area contributed by atoms with E-state index in [9.17, 15) is 0 Å². The largest absolute Gasteiger partial charge is 0.310 e.